The van der Waals surface area contributed by atoms with E-state index >= 15 is 0 Å². The number of carbonyl (C=O) groups excluding carboxylic acids is 1. The molecule has 0 bridgehead atoms. The maximum absolute atomic E-state index is 12.9. The number of hydrogen-bond acceptors (Lipinski definition) is 6. The third-order valence-corrected chi connectivity index (χ3v) is 4.93. The van der Waals surface area contributed by atoms with Crippen LogP contribution in [0.5, 0.6) is 17.4 Å². The highest BCUT2D eigenvalue weighted by atomic mass is 35.5. The zero-order chi connectivity index (χ0) is 24.4. The monoisotopic (exact) mass is 486 g/mol. The van der Waals surface area contributed by atoms with E-state index in [4.69, 9.17) is 43.8 Å². The first-order chi connectivity index (χ1) is 15.7. The van der Waals surface area contributed by atoms with Gasteiger partial charge in [-0.05, 0) is 42.2 Å². The van der Waals surface area contributed by atoms with Crippen LogP contribution >= 0.6 is 23.2 Å². The number of esters is 1. The van der Waals surface area contributed by atoms with Crippen LogP contribution in [0.4, 0.5) is 0 Å². The molecule has 8 heteroatoms. The van der Waals surface area contributed by atoms with E-state index < -0.39 is 18.0 Å². The van der Waals surface area contributed by atoms with Gasteiger partial charge >= 0.3 is 5.97 Å². The predicted octanol–water partition coefficient (Wildman–Crippen LogP) is 6.22. The highest BCUT2D eigenvalue weighted by Gasteiger charge is 2.31. The van der Waals surface area contributed by atoms with Crippen molar-refractivity contribution in [2.24, 2.45) is 17.8 Å². The first kappa shape index (κ1) is 26.1. The van der Waals surface area contributed by atoms with E-state index in [1.54, 1.807) is 48.5 Å². The minimum absolute atomic E-state index is 0.0639. The van der Waals surface area contributed by atoms with Gasteiger partial charge in [0.2, 0.25) is 12.0 Å². The molecule has 0 radical (unpaired) electrons. The fraction of sp³-hybridized carbons (Fsp3) is 0.320. The standard InChI is InChI=1S/C25H24Cl2N2O4/c1-5-13-31-18-9-11-19(12-10-18)32-23-8-6-7-20(29-23)21(15-28)33-25(30)24(16(2)3)17(4)14-22(26)27/h1,6-12,14,16-17,21,24H,13H2,2-4H3. The molecule has 0 amide bonds. The third-order valence-electron chi connectivity index (χ3n) is 4.68. The van der Waals surface area contributed by atoms with Crippen molar-refractivity contribution in [2.75, 3.05) is 6.61 Å². The Kier molecular flexibility index (Phi) is 10.1. The molecular weight excluding hydrogens is 463 g/mol. The molecule has 0 spiro atoms. The quantitative estimate of drug-likeness (QED) is 0.292. The maximum atomic E-state index is 12.9. The lowest BCUT2D eigenvalue weighted by atomic mass is 9.84. The zero-order valence-corrected chi connectivity index (χ0v) is 20.0. The van der Waals surface area contributed by atoms with Gasteiger partial charge in [0, 0.05) is 6.07 Å². The van der Waals surface area contributed by atoms with E-state index in [1.165, 1.54) is 0 Å². The summed E-state index contributed by atoms with van der Waals surface area (Å²) in [5.41, 5.74) is 0.249. The van der Waals surface area contributed by atoms with Crippen LogP contribution in [0.15, 0.2) is 53.0 Å². The molecule has 0 fully saturated rings. The molecule has 2 aromatic rings. The number of nitrogens with zero attached hydrogens (tertiary/aromatic N) is 2. The molecule has 0 aliphatic carbocycles. The van der Waals surface area contributed by atoms with E-state index in [2.05, 4.69) is 10.9 Å². The number of hydrogen-bond donors (Lipinski definition) is 0. The largest absolute Gasteiger partial charge is 0.481 e. The number of ether oxygens (including phenoxy) is 3. The van der Waals surface area contributed by atoms with Crippen LogP contribution in [0, 0.1) is 41.4 Å². The van der Waals surface area contributed by atoms with Crippen molar-refractivity contribution in [3.63, 3.8) is 0 Å². The van der Waals surface area contributed by atoms with Crippen LogP contribution < -0.4 is 9.47 Å². The third kappa shape index (κ3) is 8.02. The number of rotatable bonds is 10. The Morgan fingerprint density at radius 1 is 1.15 bits per heavy atom. The topological polar surface area (TPSA) is 81.4 Å². The van der Waals surface area contributed by atoms with Crippen molar-refractivity contribution in [1.82, 2.24) is 4.98 Å². The lowest BCUT2D eigenvalue weighted by molar-refractivity contribution is -0.155. The predicted molar refractivity (Wildman–Crippen MR) is 127 cm³/mol. The number of terminal acetylenes is 1. The maximum Gasteiger partial charge on any atom is 0.311 e. The molecule has 1 aromatic carbocycles. The van der Waals surface area contributed by atoms with Crippen LogP contribution in [0.3, 0.4) is 0 Å². The van der Waals surface area contributed by atoms with Crippen LogP contribution in [0.1, 0.15) is 32.6 Å². The number of halogens is 2. The Labute approximate surface area is 204 Å². The van der Waals surface area contributed by atoms with Crippen molar-refractivity contribution in [3.05, 3.63) is 58.7 Å². The molecule has 0 N–H and O–H groups in total. The SMILES string of the molecule is C#CCOc1ccc(Oc2cccc(C(C#N)OC(=O)C(C(C)C)C(C)C=C(Cl)Cl)n2)cc1. The van der Waals surface area contributed by atoms with Crippen molar-refractivity contribution < 1.29 is 19.0 Å². The summed E-state index contributed by atoms with van der Waals surface area (Å²) in [5, 5.41) is 9.62. The van der Waals surface area contributed by atoms with Gasteiger partial charge in [0.1, 0.15) is 28.7 Å². The van der Waals surface area contributed by atoms with E-state index in [0.717, 1.165) is 0 Å². The number of benzene rings is 1. The average Bonchev–Trinajstić information content (AvgIpc) is 2.76. The number of pyridine rings is 1. The van der Waals surface area contributed by atoms with Crippen LogP contribution in [0.2, 0.25) is 0 Å². The van der Waals surface area contributed by atoms with Gasteiger partial charge < -0.3 is 14.2 Å². The average molecular weight is 487 g/mol. The van der Waals surface area contributed by atoms with E-state index in [1.807, 2.05) is 26.8 Å². The van der Waals surface area contributed by atoms with Crippen LogP contribution in [-0.2, 0) is 9.53 Å². The second-order valence-corrected chi connectivity index (χ2v) is 8.51. The summed E-state index contributed by atoms with van der Waals surface area (Å²) in [6.07, 6.45) is 5.55. The molecule has 1 heterocycles. The van der Waals surface area contributed by atoms with E-state index in [-0.39, 0.29) is 34.5 Å². The number of nitriles is 1. The highest BCUT2D eigenvalue weighted by molar-refractivity contribution is 6.55. The lowest BCUT2D eigenvalue weighted by Crippen LogP contribution is -2.29. The molecule has 2 rings (SSSR count). The Morgan fingerprint density at radius 3 is 2.39 bits per heavy atom. The minimum atomic E-state index is -1.20. The fourth-order valence-electron chi connectivity index (χ4n) is 3.23. The van der Waals surface area contributed by atoms with Crippen molar-refractivity contribution in [3.8, 4) is 35.8 Å². The summed E-state index contributed by atoms with van der Waals surface area (Å²) >= 11 is 11.5. The summed E-state index contributed by atoms with van der Waals surface area (Å²) in [6.45, 7) is 5.75. The molecule has 0 saturated carbocycles. The Morgan fingerprint density at radius 2 is 1.82 bits per heavy atom. The minimum Gasteiger partial charge on any atom is -0.481 e. The molecule has 172 valence electrons. The van der Waals surface area contributed by atoms with Crippen molar-refractivity contribution >= 4 is 29.2 Å². The molecular formula is C25H24Cl2N2O4. The Balaban J connectivity index is 2.14. The molecule has 3 atom stereocenters. The van der Waals surface area contributed by atoms with E-state index in [0.29, 0.717) is 11.5 Å². The second kappa shape index (κ2) is 12.7. The number of aromatic nitrogens is 1. The van der Waals surface area contributed by atoms with Gasteiger partial charge in [-0.15, -0.1) is 6.42 Å². The molecule has 1 aromatic heterocycles. The van der Waals surface area contributed by atoms with Crippen LogP contribution in [-0.4, -0.2) is 17.6 Å². The zero-order valence-electron chi connectivity index (χ0n) is 18.5. The molecule has 0 saturated heterocycles. The molecule has 0 aliphatic heterocycles. The lowest BCUT2D eigenvalue weighted by Gasteiger charge is -2.24. The number of allylic oxidation sites excluding steroid dienone is 1. The Hall–Kier alpha value is -3.19. The first-order valence-corrected chi connectivity index (χ1v) is 10.9. The first-order valence-electron chi connectivity index (χ1n) is 10.2. The summed E-state index contributed by atoms with van der Waals surface area (Å²) in [6, 6.07) is 13.7. The van der Waals surface area contributed by atoms with Gasteiger partial charge in [-0.3, -0.25) is 4.79 Å². The van der Waals surface area contributed by atoms with Gasteiger partial charge in [-0.2, -0.15) is 5.26 Å². The van der Waals surface area contributed by atoms with E-state index in [9.17, 15) is 10.1 Å². The molecule has 3 unspecified atom stereocenters. The number of carbonyl (C=O) groups is 1. The van der Waals surface area contributed by atoms with Gasteiger partial charge in [-0.25, -0.2) is 4.98 Å². The fourth-order valence-corrected chi connectivity index (χ4v) is 3.62. The highest BCUT2D eigenvalue weighted by Crippen LogP contribution is 2.29. The second-order valence-electron chi connectivity index (χ2n) is 7.50. The van der Waals surface area contributed by atoms with Gasteiger partial charge in [0.15, 0.2) is 0 Å². The molecule has 33 heavy (non-hydrogen) atoms. The summed E-state index contributed by atoms with van der Waals surface area (Å²) in [4.78, 5) is 17.2. The summed E-state index contributed by atoms with van der Waals surface area (Å²) in [5.74, 6) is 2.34. The normalized spacial score (nSPS) is 13.1. The van der Waals surface area contributed by atoms with Crippen molar-refractivity contribution in [2.45, 2.75) is 26.9 Å². The van der Waals surface area contributed by atoms with Gasteiger partial charge in [0.25, 0.3) is 0 Å². The molecule has 6 nitrogen and oxygen atoms in total. The van der Waals surface area contributed by atoms with Gasteiger partial charge in [-0.1, -0.05) is 62.0 Å². The van der Waals surface area contributed by atoms with Gasteiger partial charge in [0.05, 0.1) is 11.6 Å². The molecule has 0 aliphatic rings. The van der Waals surface area contributed by atoms with Crippen molar-refractivity contribution in [1.29, 1.82) is 5.26 Å². The van der Waals surface area contributed by atoms with Crippen LogP contribution in [0.25, 0.3) is 0 Å². The summed E-state index contributed by atoms with van der Waals surface area (Å²) in [7, 11) is 0. The smallest absolute Gasteiger partial charge is 0.311 e. The Bertz CT molecular complexity index is 1050. The summed E-state index contributed by atoms with van der Waals surface area (Å²) < 4.78 is 16.7.